The van der Waals surface area contributed by atoms with E-state index in [0.29, 0.717) is 18.6 Å². The second-order valence-corrected chi connectivity index (χ2v) is 9.44. The van der Waals surface area contributed by atoms with Gasteiger partial charge in [-0.2, -0.15) is 0 Å². The van der Waals surface area contributed by atoms with E-state index in [9.17, 15) is 9.59 Å². The molecule has 0 amide bonds. The molecule has 0 saturated carbocycles. The third-order valence-corrected chi connectivity index (χ3v) is 6.39. The van der Waals surface area contributed by atoms with Gasteiger partial charge < -0.3 is 9.64 Å². The molecule has 31 heavy (non-hydrogen) atoms. The Balaban J connectivity index is 2.08. The fraction of sp³-hybridized carbons (Fsp3) is 0.577. The molecule has 1 aromatic carbocycles. The number of rotatable bonds is 7. The van der Waals surface area contributed by atoms with Crippen LogP contribution in [0.5, 0.6) is 0 Å². The lowest BCUT2D eigenvalue weighted by Gasteiger charge is -2.39. The fourth-order valence-corrected chi connectivity index (χ4v) is 4.88. The van der Waals surface area contributed by atoms with E-state index in [0.717, 1.165) is 48.6 Å². The highest BCUT2D eigenvalue weighted by molar-refractivity contribution is 6.09. The number of hydrogen-bond donors (Lipinski definition) is 0. The number of benzene rings is 1. The number of carbonyl (C=O) groups excluding carboxylic acids is 2. The predicted octanol–water partition coefficient (Wildman–Crippen LogP) is 5.30. The van der Waals surface area contributed by atoms with Gasteiger partial charge in [0.1, 0.15) is 5.92 Å². The number of ketones is 1. The van der Waals surface area contributed by atoms with Crippen LogP contribution in [0.3, 0.4) is 0 Å². The van der Waals surface area contributed by atoms with E-state index in [-0.39, 0.29) is 23.1 Å². The zero-order valence-corrected chi connectivity index (χ0v) is 19.8. The average Bonchev–Trinajstić information content (AvgIpc) is 2.71. The van der Waals surface area contributed by atoms with Crippen LogP contribution in [0.2, 0.25) is 0 Å². The average molecular weight is 425 g/mol. The standard InChI is InChI=1S/C26H36N2O3/c1-7-14-31-25(30)22-17(4)27-20-15-26(5,6)16-21(29)24(20)23(22)18-10-12-19(13-11-18)28(8-2)9-3/h10-13,22-23H,7-9,14-16H2,1-6H3/t22?,23-/m1/s1. The van der Waals surface area contributed by atoms with E-state index in [1.54, 1.807) is 0 Å². The second kappa shape index (κ2) is 9.37. The van der Waals surface area contributed by atoms with Crippen molar-refractivity contribution in [3.8, 4) is 0 Å². The van der Waals surface area contributed by atoms with E-state index >= 15 is 0 Å². The normalized spacial score (nSPS) is 22.6. The molecule has 5 heteroatoms. The second-order valence-electron chi connectivity index (χ2n) is 9.44. The van der Waals surface area contributed by atoms with Crippen molar-refractivity contribution in [3.63, 3.8) is 0 Å². The summed E-state index contributed by atoms with van der Waals surface area (Å²) >= 11 is 0. The summed E-state index contributed by atoms with van der Waals surface area (Å²) in [5, 5.41) is 0. The highest BCUT2D eigenvalue weighted by atomic mass is 16.5. The Morgan fingerprint density at radius 1 is 1.13 bits per heavy atom. The third kappa shape index (κ3) is 4.76. The van der Waals surface area contributed by atoms with Crippen LogP contribution in [0.25, 0.3) is 0 Å². The first kappa shape index (κ1) is 23.2. The SMILES string of the molecule is CCCOC(=O)C1C(C)=NC2=C(C(=O)CC(C)(C)C2)[C@@H]1c1ccc(N(CC)CC)cc1. The van der Waals surface area contributed by atoms with Crippen LogP contribution in [-0.2, 0) is 14.3 Å². The molecule has 0 N–H and O–H groups in total. The summed E-state index contributed by atoms with van der Waals surface area (Å²) in [4.78, 5) is 33.4. The number of allylic oxidation sites excluding steroid dienone is 2. The van der Waals surface area contributed by atoms with Gasteiger partial charge in [0.05, 0.1) is 6.61 Å². The van der Waals surface area contributed by atoms with Crippen LogP contribution in [0, 0.1) is 11.3 Å². The molecule has 0 aromatic heterocycles. The van der Waals surface area contributed by atoms with Crippen molar-refractivity contribution in [1.29, 1.82) is 0 Å². The number of Topliss-reactive ketones (excluding diaryl/α,β-unsaturated/α-hetero) is 1. The Labute approximate surface area is 186 Å². The van der Waals surface area contributed by atoms with Crippen LogP contribution in [0.4, 0.5) is 5.69 Å². The van der Waals surface area contributed by atoms with Gasteiger partial charge in [0.25, 0.3) is 0 Å². The summed E-state index contributed by atoms with van der Waals surface area (Å²) in [6, 6.07) is 8.31. The summed E-state index contributed by atoms with van der Waals surface area (Å²) in [7, 11) is 0. The van der Waals surface area contributed by atoms with Crippen molar-refractivity contribution in [1.82, 2.24) is 0 Å². The van der Waals surface area contributed by atoms with Crippen molar-refractivity contribution in [2.24, 2.45) is 16.3 Å². The van der Waals surface area contributed by atoms with Gasteiger partial charge in [0, 0.05) is 48.1 Å². The zero-order chi connectivity index (χ0) is 22.8. The molecule has 1 aliphatic heterocycles. The molecule has 2 aliphatic rings. The molecular formula is C26H36N2O3. The highest BCUT2D eigenvalue weighted by Gasteiger charge is 2.46. The van der Waals surface area contributed by atoms with E-state index in [4.69, 9.17) is 9.73 Å². The molecule has 0 fully saturated rings. The summed E-state index contributed by atoms with van der Waals surface area (Å²) < 4.78 is 5.54. The van der Waals surface area contributed by atoms with Crippen LogP contribution in [0.15, 0.2) is 40.5 Å². The first-order chi connectivity index (χ1) is 14.7. The molecule has 5 nitrogen and oxygen atoms in total. The summed E-state index contributed by atoms with van der Waals surface area (Å²) in [5.41, 5.74) is 4.29. The van der Waals surface area contributed by atoms with Crippen LogP contribution >= 0.6 is 0 Å². The fourth-order valence-electron chi connectivity index (χ4n) is 4.88. The Morgan fingerprint density at radius 3 is 2.35 bits per heavy atom. The van der Waals surface area contributed by atoms with E-state index in [2.05, 4.69) is 56.9 Å². The molecule has 2 atom stereocenters. The van der Waals surface area contributed by atoms with Gasteiger partial charge >= 0.3 is 5.97 Å². The van der Waals surface area contributed by atoms with Gasteiger partial charge in [-0.15, -0.1) is 0 Å². The topological polar surface area (TPSA) is 59.0 Å². The Kier molecular flexibility index (Phi) is 7.03. The Hall–Kier alpha value is -2.43. The van der Waals surface area contributed by atoms with Crippen molar-refractivity contribution >= 4 is 23.2 Å². The first-order valence-corrected chi connectivity index (χ1v) is 11.5. The highest BCUT2D eigenvalue weighted by Crippen LogP contribution is 2.48. The van der Waals surface area contributed by atoms with Gasteiger partial charge in [-0.05, 0) is 56.7 Å². The summed E-state index contributed by atoms with van der Waals surface area (Å²) in [6.07, 6.45) is 1.99. The minimum atomic E-state index is -0.560. The zero-order valence-electron chi connectivity index (χ0n) is 19.8. The molecule has 3 rings (SSSR count). The molecule has 0 bridgehead atoms. The molecule has 168 valence electrons. The molecule has 1 aliphatic carbocycles. The number of ether oxygens (including phenoxy) is 1. The van der Waals surface area contributed by atoms with E-state index < -0.39 is 5.92 Å². The monoisotopic (exact) mass is 424 g/mol. The number of esters is 1. The van der Waals surface area contributed by atoms with Crippen molar-refractivity contribution < 1.29 is 14.3 Å². The summed E-state index contributed by atoms with van der Waals surface area (Å²) in [6.45, 7) is 14.6. The Morgan fingerprint density at radius 2 is 1.77 bits per heavy atom. The number of carbonyl (C=O) groups is 2. The van der Waals surface area contributed by atoms with Crippen molar-refractivity contribution in [2.45, 2.75) is 66.7 Å². The largest absolute Gasteiger partial charge is 0.465 e. The predicted molar refractivity (Wildman–Crippen MR) is 126 cm³/mol. The first-order valence-electron chi connectivity index (χ1n) is 11.5. The molecule has 0 saturated heterocycles. The number of hydrogen-bond acceptors (Lipinski definition) is 5. The number of aliphatic imine (C=N–C) groups is 1. The lowest BCUT2D eigenvalue weighted by atomic mass is 9.67. The quantitative estimate of drug-likeness (QED) is 0.557. The smallest absolute Gasteiger partial charge is 0.315 e. The minimum Gasteiger partial charge on any atom is -0.465 e. The molecular weight excluding hydrogens is 388 g/mol. The molecule has 0 radical (unpaired) electrons. The van der Waals surface area contributed by atoms with Crippen molar-refractivity contribution in [2.75, 3.05) is 24.6 Å². The van der Waals surface area contributed by atoms with Crippen LogP contribution in [0.1, 0.15) is 72.3 Å². The number of anilines is 1. The van der Waals surface area contributed by atoms with Gasteiger partial charge in [-0.1, -0.05) is 32.9 Å². The van der Waals surface area contributed by atoms with E-state index in [1.807, 2.05) is 13.8 Å². The van der Waals surface area contributed by atoms with Crippen LogP contribution < -0.4 is 4.90 Å². The minimum absolute atomic E-state index is 0.105. The van der Waals surface area contributed by atoms with Gasteiger partial charge in [0.15, 0.2) is 5.78 Å². The van der Waals surface area contributed by atoms with E-state index in [1.165, 1.54) is 0 Å². The molecule has 1 aromatic rings. The van der Waals surface area contributed by atoms with Crippen LogP contribution in [-0.4, -0.2) is 37.2 Å². The molecule has 1 heterocycles. The lowest BCUT2D eigenvalue weighted by molar-refractivity contribution is -0.146. The molecule has 0 spiro atoms. The maximum atomic E-state index is 13.3. The summed E-state index contributed by atoms with van der Waals surface area (Å²) in [5.74, 6) is -1.08. The molecule has 1 unspecified atom stereocenters. The maximum Gasteiger partial charge on any atom is 0.315 e. The van der Waals surface area contributed by atoms with Crippen molar-refractivity contribution in [3.05, 3.63) is 41.1 Å². The third-order valence-electron chi connectivity index (χ3n) is 6.39. The lowest BCUT2D eigenvalue weighted by Crippen LogP contribution is -2.39. The maximum absolute atomic E-state index is 13.3. The van der Waals surface area contributed by atoms with Gasteiger partial charge in [0.2, 0.25) is 0 Å². The Bertz CT molecular complexity index is 892. The number of nitrogens with zero attached hydrogens (tertiary/aromatic N) is 2. The van der Waals surface area contributed by atoms with Gasteiger partial charge in [-0.25, -0.2) is 0 Å². The van der Waals surface area contributed by atoms with Gasteiger partial charge in [-0.3, -0.25) is 14.6 Å².